The lowest BCUT2D eigenvalue weighted by Gasteiger charge is -2.27. The zero-order valence-corrected chi connectivity index (χ0v) is 15.3. The Labute approximate surface area is 146 Å². The second kappa shape index (κ2) is 7.05. The zero-order chi connectivity index (χ0) is 18.0. The van der Waals surface area contributed by atoms with Crippen molar-refractivity contribution in [1.82, 2.24) is 4.31 Å². The van der Waals surface area contributed by atoms with Gasteiger partial charge in [0.15, 0.2) is 0 Å². The lowest BCUT2D eigenvalue weighted by molar-refractivity contribution is -0.141. The van der Waals surface area contributed by atoms with Crippen LogP contribution < -0.4 is 4.74 Å². The molecule has 1 saturated heterocycles. The molecule has 1 aliphatic rings. The summed E-state index contributed by atoms with van der Waals surface area (Å²) in [7, 11) is -3.90. The topological polar surface area (TPSA) is 83.9 Å². The number of carboxylic acids is 1. The highest BCUT2D eigenvalue weighted by atomic mass is 32.2. The van der Waals surface area contributed by atoms with Crippen molar-refractivity contribution in [3.8, 4) is 17.6 Å². The SMILES string of the molecule is CC#CCOc1ccc(S(=O)(=O)N2CSC(C)(C)C2C(=O)O)cc1. The van der Waals surface area contributed by atoms with Crippen LogP contribution in [-0.2, 0) is 14.8 Å². The van der Waals surface area contributed by atoms with Crippen molar-refractivity contribution < 1.29 is 23.1 Å². The van der Waals surface area contributed by atoms with Crippen molar-refractivity contribution in [2.45, 2.75) is 36.5 Å². The maximum absolute atomic E-state index is 12.8. The molecule has 6 nitrogen and oxygen atoms in total. The molecule has 1 atom stereocenters. The quantitative estimate of drug-likeness (QED) is 0.800. The molecule has 0 aliphatic carbocycles. The van der Waals surface area contributed by atoms with Gasteiger partial charge in [0.2, 0.25) is 10.0 Å². The molecule has 1 aliphatic heterocycles. The molecule has 8 heteroatoms. The minimum atomic E-state index is -3.90. The molecule has 0 spiro atoms. The molecule has 0 saturated carbocycles. The summed E-state index contributed by atoms with van der Waals surface area (Å²) in [6.07, 6.45) is 0. The summed E-state index contributed by atoms with van der Waals surface area (Å²) >= 11 is 1.31. The highest BCUT2D eigenvalue weighted by molar-refractivity contribution is 8.02. The van der Waals surface area contributed by atoms with E-state index in [4.69, 9.17) is 4.74 Å². The van der Waals surface area contributed by atoms with Crippen LogP contribution in [0, 0.1) is 11.8 Å². The Morgan fingerprint density at radius 2 is 2.04 bits per heavy atom. The summed E-state index contributed by atoms with van der Waals surface area (Å²) in [6.45, 7) is 5.39. The number of carboxylic acid groups (broad SMARTS) is 1. The van der Waals surface area contributed by atoms with Gasteiger partial charge in [-0.25, -0.2) is 8.42 Å². The predicted molar refractivity (Wildman–Crippen MR) is 92.4 cm³/mol. The van der Waals surface area contributed by atoms with Crippen LogP contribution in [-0.4, -0.2) is 47.1 Å². The summed E-state index contributed by atoms with van der Waals surface area (Å²) < 4.78 is 31.3. The van der Waals surface area contributed by atoms with Gasteiger partial charge in [-0.3, -0.25) is 4.79 Å². The zero-order valence-electron chi connectivity index (χ0n) is 13.6. The van der Waals surface area contributed by atoms with Gasteiger partial charge in [-0.2, -0.15) is 4.31 Å². The molecule has 0 aromatic heterocycles. The third-order valence-corrected chi connectivity index (χ3v) is 7.03. The van der Waals surface area contributed by atoms with E-state index in [9.17, 15) is 18.3 Å². The third kappa shape index (κ3) is 3.69. The van der Waals surface area contributed by atoms with E-state index in [0.717, 1.165) is 4.31 Å². The first-order valence-electron chi connectivity index (χ1n) is 7.21. The van der Waals surface area contributed by atoms with Gasteiger partial charge in [0, 0.05) is 4.75 Å². The molecule has 0 radical (unpaired) electrons. The van der Waals surface area contributed by atoms with Crippen LogP contribution in [0.2, 0.25) is 0 Å². The first-order valence-corrected chi connectivity index (χ1v) is 9.64. The lowest BCUT2D eigenvalue weighted by atomic mass is 10.0. The molecular formula is C16H19NO5S2. The average Bonchev–Trinajstić information content (AvgIpc) is 2.84. The summed E-state index contributed by atoms with van der Waals surface area (Å²) in [4.78, 5) is 11.6. The lowest BCUT2D eigenvalue weighted by Crippen LogP contribution is -2.48. The number of rotatable bonds is 5. The summed E-state index contributed by atoms with van der Waals surface area (Å²) in [5.74, 6) is 4.91. The highest BCUT2D eigenvalue weighted by Crippen LogP contribution is 2.42. The van der Waals surface area contributed by atoms with E-state index < -0.39 is 26.8 Å². The molecule has 1 aromatic carbocycles. The number of hydrogen-bond acceptors (Lipinski definition) is 5. The van der Waals surface area contributed by atoms with E-state index in [1.807, 2.05) is 0 Å². The number of thioether (sulfide) groups is 1. The van der Waals surface area contributed by atoms with Crippen molar-refractivity contribution >= 4 is 27.8 Å². The Morgan fingerprint density at radius 1 is 1.42 bits per heavy atom. The third-order valence-electron chi connectivity index (χ3n) is 3.66. The maximum Gasteiger partial charge on any atom is 0.323 e. The van der Waals surface area contributed by atoms with E-state index in [1.54, 1.807) is 20.8 Å². The smallest absolute Gasteiger partial charge is 0.323 e. The van der Waals surface area contributed by atoms with Crippen molar-refractivity contribution in [3.63, 3.8) is 0 Å². The predicted octanol–water partition coefficient (Wildman–Crippen LogP) is 2.02. The largest absolute Gasteiger partial charge is 0.481 e. The number of carbonyl (C=O) groups is 1. The van der Waals surface area contributed by atoms with E-state index in [1.165, 1.54) is 36.0 Å². The molecule has 1 aromatic rings. The van der Waals surface area contributed by atoms with Gasteiger partial charge in [-0.15, -0.1) is 17.7 Å². The fourth-order valence-electron chi connectivity index (χ4n) is 2.39. The van der Waals surface area contributed by atoms with Crippen LogP contribution in [0.25, 0.3) is 0 Å². The van der Waals surface area contributed by atoms with Gasteiger partial charge in [-0.1, -0.05) is 5.92 Å². The Morgan fingerprint density at radius 3 is 2.58 bits per heavy atom. The van der Waals surface area contributed by atoms with Crippen LogP contribution >= 0.6 is 11.8 Å². The van der Waals surface area contributed by atoms with E-state index in [-0.39, 0.29) is 17.4 Å². The first kappa shape index (κ1) is 18.6. The number of sulfonamides is 1. The van der Waals surface area contributed by atoms with Gasteiger partial charge in [0.25, 0.3) is 0 Å². The first-order chi connectivity index (χ1) is 11.2. The molecule has 0 amide bonds. The van der Waals surface area contributed by atoms with Crippen LogP contribution in [0.15, 0.2) is 29.2 Å². The number of hydrogen-bond donors (Lipinski definition) is 1. The minimum absolute atomic E-state index is 0.0426. The Hall–Kier alpha value is -1.69. The van der Waals surface area contributed by atoms with E-state index in [0.29, 0.717) is 5.75 Å². The average molecular weight is 369 g/mol. The fraction of sp³-hybridized carbons (Fsp3) is 0.438. The van der Waals surface area contributed by atoms with Gasteiger partial charge >= 0.3 is 5.97 Å². The van der Waals surface area contributed by atoms with Crippen LogP contribution in [0.5, 0.6) is 5.75 Å². The molecule has 2 rings (SSSR count). The van der Waals surface area contributed by atoms with Crippen molar-refractivity contribution in [2.75, 3.05) is 12.5 Å². The Kier molecular flexibility index (Phi) is 5.48. The number of ether oxygens (including phenoxy) is 1. The highest BCUT2D eigenvalue weighted by Gasteiger charge is 2.51. The Balaban J connectivity index is 2.26. The van der Waals surface area contributed by atoms with E-state index >= 15 is 0 Å². The van der Waals surface area contributed by atoms with Crippen molar-refractivity contribution in [2.24, 2.45) is 0 Å². The second-order valence-corrected chi connectivity index (χ2v) is 9.19. The summed E-state index contributed by atoms with van der Waals surface area (Å²) in [5.41, 5.74) is 0. The van der Waals surface area contributed by atoms with Crippen molar-refractivity contribution in [3.05, 3.63) is 24.3 Å². The molecule has 130 valence electrons. The van der Waals surface area contributed by atoms with Crippen LogP contribution in [0.3, 0.4) is 0 Å². The molecular weight excluding hydrogens is 350 g/mol. The molecule has 1 fully saturated rings. The van der Waals surface area contributed by atoms with Gasteiger partial charge in [0.1, 0.15) is 18.4 Å². The van der Waals surface area contributed by atoms with Gasteiger partial charge in [0.05, 0.1) is 10.8 Å². The summed E-state index contributed by atoms with van der Waals surface area (Å²) in [6, 6.07) is 4.80. The number of aliphatic carboxylic acids is 1. The van der Waals surface area contributed by atoms with Gasteiger partial charge < -0.3 is 9.84 Å². The minimum Gasteiger partial charge on any atom is -0.481 e. The molecule has 1 N–H and O–H groups in total. The second-order valence-electron chi connectivity index (χ2n) is 5.70. The molecule has 1 unspecified atom stereocenters. The standard InChI is InChI=1S/C16H19NO5S2/c1-4-5-10-22-12-6-8-13(9-7-12)24(20,21)17-11-23-16(2,3)14(17)15(18)19/h6-9,14H,10-11H2,1-3H3,(H,18,19). The molecule has 24 heavy (non-hydrogen) atoms. The number of nitrogens with zero attached hydrogens (tertiary/aromatic N) is 1. The normalized spacial score (nSPS) is 20.2. The van der Waals surface area contributed by atoms with Crippen LogP contribution in [0.1, 0.15) is 20.8 Å². The van der Waals surface area contributed by atoms with Crippen LogP contribution in [0.4, 0.5) is 0 Å². The monoisotopic (exact) mass is 369 g/mol. The van der Waals surface area contributed by atoms with Gasteiger partial charge in [-0.05, 0) is 45.0 Å². The summed E-state index contributed by atoms with van der Waals surface area (Å²) in [5, 5.41) is 9.44. The van der Waals surface area contributed by atoms with E-state index in [2.05, 4.69) is 11.8 Å². The number of benzene rings is 1. The molecule has 0 bridgehead atoms. The van der Waals surface area contributed by atoms with Crippen molar-refractivity contribution in [1.29, 1.82) is 0 Å². The molecule has 1 heterocycles. The fourth-order valence-corrected chi connectivity index (χ4v) is 5.55. The maximum atomic E-state index is 12.8. The Bertz CT molecular complexity index is 775.